The quantitative estimate of drug-likeness (QED) is 0.440. The van der Waals surface area contributed by atoms with Crippen LogP contribution in [0.3, 0.4) is 0 Å². The highest BCUT2D eigenvalue weighted by Crippen LogP contribution is 2.30. The van der Waals surface area contributed by atoms with Gasteiger partial charge in [-0.3, -0.25) is 0 Å². The molecule has 0 aliphatic carbocycles. The van der Waals surface area contributed by atoms with Crippen LogP contribution in [0.15, 0.2) is 22.6 Å². The molecule has 0 aromatic carbocycles. The molecule has 0 aliphatic heterocycles. The van der Waals surface area contributed by atoms with Gasteiger partial charge in [0.2, 0.25) is 0 Å². The number of carbonyl (C=O) groups excluding carboxylic acids is 1. The Bertz CT molecular complexity index is 706. The molecule has 0 N–H and O–H groups in total. The number of aryl methyl sites for hydroxylation is 1. The molecule has 0 saturated heterocycles. The Morgan fingerprint density at radius 3 is 2.78 bits per heavy atom. The van der Waals surface area contributed by atoms with Gasteiger partial charge in [0, 0.05) is 12.7 Å². The number of unbranched alkanes of at least 4 members (excludes halogenated alkanes) is 1. The Hall–Kier alpha value is -2.31. The molecular weight excluding hydrogens is 294 g/mol. The number of hydrogen-bond donors (Lipinski definition) is 0. The van der Waals surface area contributed by atoms with Crippen molar-refractivity contribution in [3.63, 3.8) is 0 Å². The lowest BCUT2D eigenvalue weighted by molar-refractivity contribution is 0.0500. The van der Waals surface area contributed by atoms with Gasteiger partial charge in [0.25, 0.3) is 0 Å². The molecule has 124 valence electrons. The number of rotatable bonds is 7. The fourth-order valence-electron chi connectivity index (χ4n) is 2.06. The smallest absolute Gasteiger partial charge is 0.342 e. The molecule has 0 spiro atoms. The third kappa shape index (κ3) is 3.91. The number of esters is 1. The number of aromatic nitrogens is 3. The first kappa shape index (κ1) is 17.1. The second-order valence-corrected chi connectivity index (χ2v) is 5.52. The van der Waals surface area contributed by atoms with E-state index in [9.17, 15) is 4.79 Å². The molecule has 2 aromatic heterocycles. The average molecular weight is 317 g/mol. The van der Waals surface area contributed by atoms with Crippen LogP contribution in [-0.2, 0) is 11.3 Å². The second-order valence-electron chi connectivity index (χ2n) is 5.52. The van der Waals surface area contributed by atoms with Crippen molar-refractivity contribution in [3.05, 3.63) is 18.0 Å². The monoisotopic (exact) mass is 317 g/mol. The molecule has 0 atom stereocenters. The van der Waals surface area contributed by atoms with Crippen LogP contribution >= 0.6 is 0 Å². The normalized spacial score (nSPS) is 11.7. The lowest BCUT2D eigenvalue weighted by Gasteiger charge is -2.07. The molecule has 0 saturated carbocycles. The molecule has 0 fully saturated rings. The van der Waals surface area contributed by atoms with Crippen molar-refractivity contribution in [1.82, 2.24) is 14.8 Å². The minimum Gasteiger partial charge on any atom is -0.462 e. The van der Waals surface area contributed by atoms with Crippen LogP contribution in [0.25, 0.3) is 11.0 Å². The van der Waals surface area contributed by atoms with Crippen molar-refractivity contribution in [2.45, 2.75) is 53.1 Å². The summed E-state index contributed by atoms with van der Waals surface area (Å²) in [6, 6.07) is 0.0309. The van der Waals surface area contributed by atoms with E-state index in [1.54, 1.807) is 10.9 Å². The minimum absolute atomic E-state index is 0.0309. The van der Waals surface area contributed by atoms with Crippen molar-refractivity contribution < 1.29 is 9.53 Å². The van der Waals surface area contributed by atoms with Crippen LogP contribution < -0.4 is 0 Å². The molecule has 0 unspecified atom stereocenters. The third-order valence-corrected chi connectivity index (χ3v) is 3.28. The fourth-order valence-corrected chi connectivity index (χ4v) is 2.06. The fraction of sp³-hybridized carbons (Fsp3) is 0.562. The van der Waals surface area contributed by atoms with E-state index in [2.05, 4.69) is 20.3 Å². The molecule has 2 aromatic rings. The molecule has 2 rings (SSSR count). The van der Waals surface area contributed by atoms with Gasteiger partial charge >= 0.3 is 5.97 Å². The highest BCUT2D eigenvalue weighted by atomic mass is 16.5. The van der Waals surface area contributed by atoms with Crippen LogP contribution in [0.5, 0.6) is 0 Å². The average Bonchev–Trinajstić information content (AvgIpc) is 2.95. The van der Waals surface area contributed by atoms with Crippen LogP contribution in [0.1, 0.15) is 50.9 Å². The van der Waals surface area contributed by atoms with E-state index in [0.29, 0.717) is 35.4 Å². The lowest BCUT2D eigenvalue weighted by atomic mass is 10.2. The number of hydrogen-bond acceptors (Lipinski definition) is 6. The van der Waals surface area contributed by atoms with Gasteiger partial charge < -0.3 is 4.74 Å². The summed E-state index contributed by atoms with van der Waals surface area (Å²) in [5.74, 6) is -0.421. The maximum atomic E-state index is 12.3. The van der Waals surface area contributed by atoms with E-state index >= 15 is 0 Å². The highest BCUT2D eigenvalue weighted by Gasteiger charge is 2.19. The number of ether oxygens (including phenoxy) is 1. The van der Waals surface area contributed by atoms with Crippen LogP contribution in [0.2, 0.25) is 0 Å². The Balaban J connectivity index is 2.46. The molecule has 7 nitrogen and oxygen atoms in total. The number of pyridine rings is 1. The van der Waals surface area contributed by atoms with Crippen molar-refractivity contribution in [2.24, 2.45) is 10.2 Å². The predicted octanol–water partition coefficient (Wildman–Crippen LogP) is 3.90. The van der Waals surface area contributed by atoms with Gasteiger partial charge in [-0.25, -0.2) is 14.5 Å². The molecule has 0 bridgehead atoms. The standard InChI is InChI=1S/C16H23N5O2/c1-5-7-8-23-16(22)13-9-17-15-12(10-18-21(15)6-2)14(13)20-19-11(3)4/h9-11H,5-8H2,1-4H3. The maximum Gasteiger partial charge on any atom is 0.342 e. The molecule has 0 radical (unpaired) electrons. The van der Waals surface area contributed by atoms with Gasteiger partial charge in [-0.1, -0.05) is 13.3 Å². The van der Waals surface area contributed by atoms with Crippen molar-refractivity contribution >= 4 is 22.7 Å². The van der Waals surface area contributed by atoms with Gasteiger partial charge in [0.05, 0.1) is 24.2 Å². The molecule has 2 heterocycles. The van der Waals surface area contributed by atoms with Crippen molar-refractivity contribution in [3.8, 4) is 0 Å². The zero-order valence-electron chi connectivity index (χ0n) is 14.1. The van der Waals surface area contributed by atoms with E-state index in [1.807, 2.05) is 27.7 Å². The molecular formula is C16H23N5O2. The second kappa shape index (κ2) is 7.80. The summed E-state index contributed by atoms with van der Waals surface area (Å²) in [4.78, 5) is 16.7. The first-order chi connectivity index (χ1) is 11.1. The first-order valence-corrected chi connectivity index (χ1v) is 8.00. The minimum atomic E-state index is -0.421. The third-order valence-electron chi connectivity index (χ3n) is 3.28. The maximum absolute atomic E-state index is 12.3. The van der Waals surface area contributed by atoms with Gasteiger partial charge in [0.1, 0.15) is 11.3 Å². The van der Waals surface area contributed by atoms with E-state index in [4.69, 9.17) is 4.74 Å². The highest BCUT2D eigenvalue weighted by molar-refractivity contribution is 6.02. The van der Waals surface area contributed by atoms with Gasteiger partial charge in [-0.15, -0.1) is 0 Å². The molecule has 0 aliphatic rings. The number of fused-ring (bicyclic) bond motifs is 1. The van der Waals surface area contributed by atoms with E-state index in [-0.39, 0.29) is 6.04 Å². The summed E-state index contributed by atoms with van der Waals surface area (Å²) < 4.78 is 7.05. The number of nitrogens with zero attached hydrogens (tertiary/aromatic N) is 5. The summed E-state index contributed by atoms with van der Waals surface area (Å²) in [5, 5.41) is 13.4. The van der Waals surface area contributed by atoms with E-state index in [1.165, 1.54) is 6.20 Å². The topological polar surface area (TPSA) is 81.7 Å². The van der Waals surface area contributed by atoms with E-state index < -0.39 is 5.97 Å². The largest absolute Gasteiger partial charge is 0.462 e. The SMILES string of the molecule is CCCCOC(=O)c1cnc2c(cnn2CC)c1N=NC(C)C. The summed E-state index contributed by atoms with van der Waals surface area (Å²) in [7, 11) is 0. The summed E-state index contributed by atoms with van der Waals surface area (Å²) >= 11 is 0. The Morgan fingerprint density at radius 1 is 1.35 bits per heavy atom. The summed E-state index contributed by atoms with van der Waals surface area (Å²) in [6.07, 6.45) is 4.97. The Kier molecular flexibility index (Phi) is 5.78. The Morgan fingerprint density at radius 2 is 2.13 bits per heavy atom. The summed E-state index contributed by atoms with van der Waals surface area (Å²) in [5.41, 5.74) is 1.49. The van der Waals surface area contributed by atoms with Crippen molar-refractivity contribution in [2.75, 3.05) is 6.61 Å². The Labute approximate surface area is 135 Å². The summed E-state index contributed by atoms with van der Waals surface area (Å²) in [6.45, 7) is 8.96. The van der Waals surface area contributed by atoms with E-state index in [0.717, 1.165) is 12.8 Å². The first-order valence-electron chi connectivity index (χ1n) is 8.00. The van der Waals surface area contributed by atoms with Gasteiger partial charge in [0.15, 0.2) is 5.65 Å². The molecule has 23 heavy (non-hydrogen) atoms. The van der Waals surface area contributed by atoms with Crippen LogP contribution in [0, 0.1) is 0 Å². The predicted molar refractivity (Wildman–Crippen MR) is 88.0 cm³/mol. The number of azo groups is 1. The zero-order valence-corrected chi connectivity index (χ0v) is 14.1. The van der Waals surface area contributed by atoms with Crippen LogP contribution in [-0.4, -0.2) is 33.4 Å². The number of carbonyl (C=O) groups is 1. The van der Waals surface area contributed by atoms with Gasteiger partial charge in [-0.2, -0.15) is 15.3 Å². The lowest BCUT2D eigenvalue weighted by Crippen LogP contribution is -2.08. The van der Waals surface area contributed by atoms with Crippen LogP contribution in [0.4, 0.5) is 5.69 Å². The van der Waals surface area contributed by atoms with Crippen molar-refractivity contribution in [1.29, 1.82) is 0 Å². The zero-order chi connectivity index (χ0) is 16.8. The molecule has 0 amide bonds. The molecule has 7 heteroatoms. The van der Waals surface area contributed by atoms with Gasteiger partial charge in [-0.05, 0) is 27.2 Å².